The highest BCUT2D eigenvalue weighted by atomic mass is 16.3. The Kier molecular flexibility index (Phi) is 4.31. The molecule has 0 saturated carbocycles. The molecule has 0 aliphatic heterocycles. The molecule has 0 radical (unpaired) electrons. The van der Waals surface area contributed by atoms with Gasteiger partial charge in [-0.2, -0.15) is 0 Å². The summed E-state index contributed by atoms with van der Waals surface area (Å²) in [5.41, 5.74) is 1.77. The number of nitrogens with zero attached hydrogens (tertiary/aromatic N) is 2. The zero-order valence-corrected chi connectivity index (χ0v) is 9.35. The van der Waals surface area contributed by atoms with Crippen molar-refractivity contribution in [1.29, 1.82) is 0 Å². The first-order valence-electron chi connectivity index (χ1n) is 5.12. The van der Waals surface area contributed by atoms with Gasteiger partial charge in [-0.05, 0) is 26.0 Å². The molecule has 82 valence electrons. The Balaban J connectivity index is 2.94. The van der Waals surface area contributed by atoms with E-state index in [0.717, 1.165) is 12.2 Å². The first-order chi connectivity index (χ1) is 7.19. The fraction of sp³-hybridized carbons (Fsp3) is 0.417. The van der Waals surface area contributed by atoms with E-state index in [1.165, 1.54) is 0 Å². The molecule has 0 fully saturated rings. The number of rotatable bonds is 5. The molecular weight excluding hydrogens is 188 g/mol. The van der Waals surface area contributed by atoms with Crippen LogP contribution in [0, 0.1) is 0 Å². The van der Waals surface area contributed by atoms with Crippen molar-refractivity contribution in [1.82, 2.24) is 4.98 Å². The summed E-state index contributed by atoms with van der Waals surface area (Å²) < 4.78 is 0. The fourth-order valence-corrected chi connectivity index (χ4v) is 1.48. The van der Waals surface area contributed by atoms with Crippen LogP contribution in [0.15, 0.2) is 31.0 Å². The summed E-state index contributed by atoms with van der Waals surface area (Å²) >= 11 is 0. The van der Waals surface area contributed by atoms with Crippen molar-refractivity contribution in [2.45, 2.75) is 26.5 Å². The number of aliphatic hydroxyl groups is 1. The van der Waals surface area contributed by atoms with Gasteiger partial charge < -0.3 is 10.0 Å². The van der Waals surface area contributed by atoms with Crippen LogP contribution >= 0.6 is 0 Å². The zero-order chi connectivity index (χ0) is 11.3. The minimum Gasteiger partial charge on any atom is -0.390 e. The largest absolute Gasteiger partial charge is 0.390 e. The minimum atomic E-state index is -0.0200. The topological polar surface area (TPSA) is 36.4 Å². The smallest absolute Gasteiger partial charge is 0.0853 e. The number of hydrogen-bond acceptors (Lipinski definition) is 3. The molecule has 15 heavy (non-hydrogen) atoms. The molecule has 1 heterocycles. The lowest BCUT2D eigenvalue weighted by Crippen LogP contribution is -2.30. The Bertz CT molecular complexity index is 323. The third kappa shape index (κ3) is 3.06. The SMILES string of the molecule is C=CCN(c1ccnc(CO)c1)C(C)C. The summed E-state index contributed by atoms with van der Waals surface area (Å²) in [6, 6.07) is 4.25. The van der Waals surface area contributed by atoms with E-state index in [2.05, 4.69) is 30.3 Å². The average Bonchev–Trinajstić information content (AvgIpc) is 2.25. The molecule has 0 aliphatic carbocycles. The van der Waals surface area contributed by atoms with E-state index in [1.54, 1.807) is 6.20 Å². The van der Waals surface area contributed by atoms with Crippen molar-refractivity contribution < 1.29 is 5.11 Å². The van der Waals surface area contributed by atoms with Gasteiger partial charge in [0.15, 0.2) is 0 Å². The quantitative estimate of drug-likeness (QED) is 0.748. The van der Waals surface area contributed by atoms with Gasteiger partial charge in [-0.1, -0.05) is 6.08 Å². The lowest BCUT2D eigenvalue weighted by molar-refractivity contribution is 0.277. The summed E-state index contributed by atoms with van der Waals surface area (Å²) in [7, 11) is 0. The molecule has 1 aromatic heterocycles. The van der Waals surface area contributed by atoms with Crippen molar-refractivity contribution in [3.63, 3.8) is 0 Å². The van der Waals surface area contributed by atoms with Gasteiger partial charge in [-0.15, -0.1) is 6.58 Å². The van der Waals surface area contributed by atoms with Crippen LogP contribution in [-0.2, 0) is 6.61 Å². The van der Waals surface area contributed by atoms with Crippen molar-refractivity contribution in [2.75, 3.05) is 11.4 Å². The average molecular weight is 206 g/mol. The van der Waals surface area contributed by atoms with Crippen LogP contribution < -0.4 is 4.90 Å². The van der Waals surface area contributed by atoms with E-state index < -0.39 is 0 Å². The molecule has 0 bridgehead atoms. The van der Waals surface area contributed by atoms with Gasteiger partial charge >= 0.3 is 0 Å². The lowest BCUT2D eigenvalue weighted by Gasteiger charge is -2.27. The molecule has 0 aromatic carbocycles. The Labute approximate surface area is 91.1 Å². The molecule has 0 saturated heterocycles. The van der Waals surface area contributed by atoms with E-state index in [0.29, 0.717) is 11.7 Å². The highest BCUT2D eigenvalue weighted by Gasteiger charge is 2.09. The highest BCUT2D eigenvalue weighted by molar-refractivity contribution is 5.47. The summed E-state index contributed by atoms with van der Waals surface area (Å²) in [5.74, 6) is 0. The van der Waals surface area contributed by atoms with Crippen LogP contribution in [0.3, 0.4) is 0 Å². The Morgan fingerprint density at radius 1 is 1.60 bits per heavy atom. The van der Waals surface area contributed by atoms with Crippen molar-refractivity contribution in [3.05, 3.63) is 36.7 Å². The Hall–Kier alpha value is -1.35. The van der Waals surface area contributed by atoms with Gasteiger partial charge in [0, 0.05) is 24.5 Å². The van der Waals surface area contributed by atoms with Gasteiger partial charge in [0.1, 0.15) is 0 Å². The third-order valence-corrected chi connectivity index (χ3v) is 2.24. The summed E-state index contributed by atoms with van der Waals surface area (Å²) in [6.45, 7) is 8.78. The predicted molar refractivity (Wildman–Crippen MR) is 62.8 cm³/mol. The maximum absolute atomic E-state index is 9.01. The fourth-order valence-electron chi connectivity index (χ4n) is 1.48. The van der Waals surface area contributed by atoms with Crippen LogP contribution in [0.5, 0.6) is 0 Å². The number of pyridine rings is 1. The molecule has 0 aliphatic rings. The molecule has 0 atom stereocenters. The molecule has 3 nitrogen and oxygen atoms in total. The summed E-state index contributed by atoms with van der Waals surface area (Å²) in [5, 5.41) is 9.01. The van der Waals surface area contributed by atoms with Gasteiger partial charge in [0.25, 0.3) is 0 Å². The lowest BCUT2D eigenvalue weighted by atomic mass is 10.2. The number of aliphatic hydroxyl groups excluding tert-OH is 1. The van der Waals surface area contributed by atoms with Gasteiger partial charge in [-0.25, -0.2) is 0 Å². The van der Waals surface area contributed by atoms with E-state index in [1.807, 2.05) is 18.2 Å². The molecular formula is C12H18N2O. The monoisotopic (exact) mass is 206 g/mol. The Morgan fingerprint density at radius 3 is 2.87 bits per heavy atom. The van der Waals surface area contributed by atoms with Crippen molar-refractivity contribution in [2.24, 2.45) is 0 Å². The van der Waals surface area contributed by atoms with Crippen LogP contribution in [0.25, 0.3) is 0 Å². The first kappa shape index (κ1) is 11.7. The van der Waals surface area contributed by atoms with E-state index in [-0.39, 0.29) is 6.61 Å². The second-order valence-electron chi connectivity index (χ2n) is 3.70. The van der Waals surface area contributed by atoms with E-state index in [9.17, 15) is 0 Å². The van der Waals surface area contributed by atoms with Crippen LogP contribution in [0.1, 0.15) is 19.5 Å². The number of hydrogen-bond donors (Lipinski definition) is 1. The zero-order valence-electron chi connectivity index (χ0n) is 9.35. The molecule has 1 aromatic rings. The summed E-state index contributed by atoms with van der Waals surface area (Å²) in [6.07, 6.45) is 3.60. The first-order valence-corrected chi connectivity index (χ1v) is 5.12. The van der Waals surface area contributed by atoms with E-state index in [4.69, 9.17) is 5.11 Å². The van der Waals surface area contributed by atoms with Gasteiger partial charge in [-0.3, -0.25) is 4.98 Å². The molecule has 3 heteroatoms. The highest BCUT2D eigenvalue weighted by Crippen LogP contribution is 2.17. The van der Waals surface area contributed by atoms with Crippen molar-refractivity contribution >= 4 is 5.69 Å². The predicted octanol–water partition coefficient (Wildman–Crippen LogP) is 1.97. The second kappa shape index (κ2) is 5.51. The normalized spacial score (nSPS) is 10.4. The molecule has 0 unspecified atom stereocenters. The van der Waals surface area contributed by atoms with Crippen LogP contribution in [0.4, 0.5) is 5.69 Å². The molecule has 0 amide bonds. The maximum atomic E-state index is 9.01. The van der Waals surface area contributed by atoms with Gasteiger partial charge in [0.2, 0.25) is 0 Å². The van der Waals surface area contributed by atoms with Crippen LogP contribution in [0.2, 0.25) is 0 Å². The molecule has 1 rings (SSSR count). The second-order valence-corrected chi connectivity index (χ2v) is 3.70. The molecule has 1 N–H and O–H groups in total. The van der Waals surface area contributed by atoms with Gasteiger partial charge in [0.05, 0.1) is 12.3 Å². The van der Waals surface area contributed by atoms with Crippen LogP contribution in [-0.4, -0.2) is 22.7 Å². The minimum absolute atomic E-state index is 0.0200. The molecule has 0 spiro atoms. The number of anilines is 1. The Morgan fingerprint density at radius 2 is 2.33 bits per heavy atom. The number of aromatic nitrogens is 1. The van der Waals surface area contributed by atoms with E-state index >= 15 is 0 Å². The third-order valence-electron chi connectivity index (χ3n) is 2.24. The summed E-state index contributed by atoms with van der Waals surface area (Å²) in [4.78, 5) is 6.26. The van der Waals surface area contributed by atoms with Crippen molar-refractivity contribution in [3.8, 4) is 0 Å². The maximum Gasteiger partial charge on any atom is 0.0853 e. The standard InChI is InChI=1S/C12H18N2O/c1-4-7-14(10(2)3)12-5-6-13-11(8-12)9-15/h4-6,8,10,15H,1,7,9H2,2-3H3.